The molecule has 26 heavy (non-hydrogen) atoms. The second kappa shape index (κ2) is 6.72. The van der Waals surface area contributed by atoms with Crippen molar-refractivity contribution in [1.82, 2.24) is 0 Å². The number of hydrogen-bond acceptors (Lipinski definition) is 0. The van der Waals surface area contributed by atoms with E-state index in [1.54, 1.807) is 11.1 Å². The van der Waals surface area contributed by atoms with Gasteiger partial charge < -0.3 is 0 Å². The van der Waals surface area contributed by atoms with Crippen molar-refractivity contribution in [1.29, 1.82) is 0 Å². The molecule has 0 N–H and O–H groups in total. The first-order valence-corrected chi connectivity index (χ1v) is 10.5. The van der Waals surface area contributed by atoms with E-state index in [0.29, 0.717) is 0 Å². The van der Waals surface area contributed by atoms with Crippen molar-refractivity contribution < 1.29 is 0 Å². The second-order valence-corrected chi connectivity index (χ2v) is 8.58. The number of benzene rings is 2. The maximum atomic E-state index is 2.49. The molecule has 0 nitrogen and oxygen atoms in total. The maximum absolute atomic E-state index is 2.49. The fraction of sp³-hybridized carbons (Fsp3) is 0.462. The van der Waals surface area contributed by atoms with Crippen LogP contribution < -0.4 is 0 Å². The standard InChI is InChI=1S/C26H32/c1-5-7-9-20(6-2)17-26-15-8-10-21-19(4)12-14-23(25(21)26)22-13-11-18(3)16-24(22)26/h8,10-14,16,20H,5-7,9,15,17H2,1-4H3. The summed E-state index contributed by atoms with van der Waals surface area (Å²) in [6.07, 6.45) is 12.6. The summed E-state index contributed by atoms with van der Waals surface area (Å²) in [7, 11) is 0. The Morgan fingerprint density at radius 3 is 2.62 bits per heavy atom. The predicted octanol–water partition coefficient (Wildman–Crippen LogP) is 7.59. The van der Waals surface area contributed by atoms with Crippen LogP contribution in [0.5, 0.6) is 0 Å². The largest absolute Gasteiger partial charge is 0.0827 e. The summed E-state index contributed by atoms with van der Waals surface area (Å²) < 4.78 is 0. The average Bonchev–Trinajstić information content (AvgIpc) is 2.92. The molecule has 0 radical (unpaired) electrons. The van der Waals surface area contributed by atoms with Gasteiger partial charge in [0.05, 0.1) is 0 Å². The fourth-order valence-corrected chi connectivity index (χ4v) is 5.42. The molecule has 2 aromatic carbocycles. The van der Waals surface area contributed by atoms with Crippen LogP contribution >= 0.6 is 0 Å². The van der Waals surface area contributed by atoms with Gasteiger partial charge in [-0.05, 0) is 66.0 Å². The Balaban J connectivity index is 1.91. The highest BCUT2D eigenvalue weighted by Gasteiger charge is 2.46. The summed E-state index contributed by atoms with van der Waals surface area (Å²) >= 11 is 0. The topological polar surface area (TPSA) is 0 Å². The minimum atomic E-state index is 0.196. The molecule has 0 fully saturated rings. The lowest BCUT2D eigenvalue weighted by molar-refractivity contribution is 0.331. The number of rotatable bonds is 6. The van der Waals surface area contributed by atoms with Crippen LogP contribution in [0.2, 0.25) is 0 Å². The average molecular weight is 345 g/mol. The molecule has 0 saturated heterocycles. The van der Waals surface area contributed by atoms with Crippen LogP contribution in [0, 0.1) is 19.8 Å². The summed E-state index contributed by atoms with van der Waals surface area (Å²) in [5.41, 5.74) is 10.7. The van der Waals surface area contributed by atoms with Crippen molar-refractivity contribution in [2.45, 2.75) is 71.6 Å². The van der Waals surface area contributed by atoms with Gasteiger partial charge in [0, 0.05) is 5.41 Å². The zero-order chi connectivity index (χ0) is 18.3. The third-order valence-electron chi connectivity index (χ3n) is 6.85. The molecular formula is C26H32. The van der Waals surface area contributed by atoms with E-state index in [-0.39, 0.29) is 5.41 Å². The van der Waals surface area contributed by atoms with E-state index < -0.39 is 0 Å². The van der Waals surface area contributed by atoms with Gasteiger partial charge in [-0.15, -0.1) is 0 Å². The van der Waals surface area contributed by atoms with Crippen molar-refractivity contribution in [3.63, 3.8) is 0 Å². The molecule has 0 heterocycles. The third-order valence-corrected chi connectivity index (χ3v) is 6.85. The smallest absolute Gasteiger partial charge is 0.0258 e. The summed E-state index contributed by atoms with van der Waals surface area (Å²) in [5.74, 6) is 0.814. The van der Waals surface area contributed by atoms with Gasteiger partial charge in [-0.25, -0.2) is 0 Å². The van der Waals surface area contributed by atoms with E-state index >= 15 is 0 Å². The minimum Gasteiger partial charge on any atom is -0.0827 e. The molecule has 0 aromatic heterocycles. The first-order chi connectivity index (χ1) is 12.6. The van der Waals surface area contributed by atoms with Gasteiger partial charge in [0.2, 0.25) is 0 Å². The molecular weight excluding hydrogens is 312 g/mol. The number of hydrogen-bond donors (Lipinski definition) is 0. The minimum absolute atomic E-state index is 0.196. The molecule has 0 heteroatoms. The molecule has 2 aliphatic rings. The van der Waals surface area contributed by atoms with E-state index in [1.807, 2.05) is 0 Å². The van der Waals surface area contributed by atoms with Crippen molar-refractivity contribution in [2.24, 2.45) is 5.92 Å². The lowest BCUT2D eigenvalue weighted by atomic mass is 9.65. The molecule has 4 rings (SSSR count). The molecule has 0 saturated carbocycles. The van der Waals surface area contributed by atoms with Gasteiger partial charge in [-0.1, -0.05) is 87.6 Å². The summed E-state index contributed by atoms with van der Waals surface area (Å²) in [6, 6.07) is 11.9. The van der Waals surface area contributed by atoms with E-state index in [1.165, 1.54) is 59.9 Å². The number of fused-ring (bicyclic) bond motifs is 3. The first-order valence-electron chi connectivity index (χ1n) is 10.5. The summed E-state index contributed by atoms with van der Waals surface area (Å²) in [5, 5.41) is 0. The Bertz CT molecular complexity index is 855. The van der Waals surface area contributed by atoms with Gasteiger partial charge in [-0.3, -0.25) is 0 Å². The Hall–Kier alpha value is -1.82. The molecule has 0 amide bonds. The zero-order valence-corrected chi connectivity index (χ0v) is 16.9. The monoisotopic (exact) mass is 344 g/mol. The molecule has 136 valence electrons. The van der Waals surface area contributed by atoms with Gasteiger partial charge in [-0.2, -0.15) is 0 Å². The van der Waals surface area contributed by atoms with Crippen LogP contribution in [0.3, 0.4) is 0 Å². The van der Waals surface area contributed by atoms with Crippen LogP contribution in [-0.2, 0) is 5.41 Å². The Labute approximate surface area is 159 Å². The Kier molecular flexibility index (Phi) is 4.55. The summed E-state index contributed by atoms with van der Waals surface area (Å²) in [4.78, 5) is 0. The Morgan fingerprint density at radius 2 is 1.85 bits per heavy atom. The van der Waals surface area contributed by atoms with E-state index in [9.17, 15) is 0 Å². The number of aryl methyl sites for hydroxylation is 2. The molecule has 2 unspecified atom stereocenters. The molecule has 0 spiro atoms. The van der Waals surface area contributed by atoms with Crippen molar-refractivity contribution in [3.8, 4) is 11.1 Å². The molecule has 0 bridgehead atoms. The molecule has 2 atom stereocenters. The van der Waals surface area contributed by atoms with Gasteiger partial charge in [0.15, 0.2) is 0 Å². The molecule has 2 aliphatic carbocycles. The second-order valence-electron chi connectivity index (χ2n) is 8.58. The molecule has 2 aromatic rings. The Morgan fingerprint density at radius 1 is 1.04 bits per heavy atom. The van der Waals surface area contributed by atoms with Crippen LogP contribution in [-0.4, -0.2) is 0 Å². The maximum Gasteiger partial charge on any atom is 0.0258 e. The highest BCUT2D eigenvalue weighted by Crippen LogP contribution is 2.58. The highest BCUT2D eigenvalue weighted by atomic mass is 14.5. The number of unbranched alkanes of at least 4 members (excludes halogenated alkanes) is 1. The van der Waals surface area contributed by atoms with Gasteiger partial charge in [0.1, 0.15) is 0 Å². The van der Waals surface area contributed by atoms with E-state index in [4.69, 9.17) is 0 Å². The lowest BCUT2D eigenvalue weighted by Crippen LogP contribution is -2.30. The van der Waals surface area contributed by atoms with Crippen LogP contribution in [0.1, 0.15) is 80.2 Å². The van der Waals surface area contributed by atoms with E-state index in [0.717, 1.165) is 12.3 Å². The third kappa shape index (κ3) is 2.57. The predicted molar refractivity (Wildman–Crippen MR) is 114 cm³/mol. The van der Waals surface area contributed by atoms with Crippen LogP contribution in [0.15, 0.2) is 36.4 Å². The number of allylic oxidation sites excluding steroid dienone is 1. The van der Waals surface area contributed by atoms with Gasteiger partial charge in [0.25, 0.3) is 0 Å². The summed E-state index contributed by atoms with van der Waals surface area (Å²) in [6.45, 7) is 9.23. The van der Waals surface area contributed by atoms with Crippen LogP contribution in [0.4, 0.5) is 0 Å². The fourth-order valence-electron chi connectivity index (χ4n) is 5.42. The van der Waals surface area contributed by atoms with Crippen molar-refractivity contribution in [2.75, 3.05) is 0 Å². The van der Waals surface area contributed by atoms with Crippen molar-refractivity contribution >= 4 is 6.08 Å². The molecule has 0 aliphatic heterocycles. The highest BCUT2D eigenvalue weighted by molar-refractivity contribution is 5.87. The first kappa shape index (κ1) is 17.6. The quantitative estimate of drug-likeness (QED) is 0.506. The van der Waals surface area contributed by atoms with Gasteiger partial charge >= 0.3 is 0 Å². The van der Waals surface area contributed by atoms with E-state index in [2.05, 4.69) is 70.2 Å². The lowest BCUT2D eigenvalue weighted by Gasteiger charge is -2.38. The van der Waals surface area contributed by atoms with Crippen LogP contribution in [0.25, 0.3) is 17.2 Å². The zero-order valence-electron chi connectivity index (χ0n) is 16.9. The van der Waals surface area contributed by atoms with Crippen molar-refractivity contribution in [3.05, 3.63) is 64.2 Å². The SMILES string of the molecule is CCCCC(CC)CC12CC=Cc3c(C)ccc(c31)-c1ccc(C)cc12. The normalized spacial score (nSPS) is 20.8.